The van der Waals surface area contributed by atoms with E-state index in [1.807, 2.05) is 19.1 Å². The minimum absolute atomic E-state index is 0.0368. The molecule has 0 radical (unpaired) electrons. The molecule has 108 valence electrons. The molecule has 0 fully saturated rings. The third kappa shape index (κ3) is 3.56. The van der Waals surface area contributed by atoms with Crippen molar-refractivity contribution >= 4 is 11.7 Å². The van der Waals surface area contributed by atoms with Crippen molar-refractivity contribution in [3.63, 3.8) is 0 Å². The van der Waals surface area contributed by atoms with E-state index in [1.54, 1.807) is 30.5 Å². The van der Waals surface area contributed by atoms with Crippen LogP contribution in [0.3, 0.4) is 0 Å². The lowest BCUT2D eigenvalue weighted by molar-refractivity contribution is 0.0950. The zero-order chi connectivity index (χ0) is 15.2. The van der Waals surface area contributed by atoms with Crippen molar-refractivity contribution in [1.29, 1.82) is 0 Å². The number of hydrogen-bond donors (Lipinski definition) is 3. The average molecular weight is 284 g/mol. The molecule has 1 aromatic heterocycles. The molecule has 6 heteroatoms. The Balaban J connectivity index is 2.09. The van der Waals surface area contributed by atoms with Crippen LogP contribution in [0.4, 0.5) is 0 Å². The van der Waals surface area contributed by atoms with Gasteiger partial charge in [0, 0.05) is 17.3 Å². The molecule has 2 aromatic rings. The van der Waals surface area contributed by atoms with Crippen LogP contribution in [-0.2, 0) is 6.54 Å². The maximum atomic E-state index is 12.1. The van der Waals surface area contributed by atoms with E-state index < -0.39 is 0 Å². The number of hydrogen-bond acceptors (Lipinski definition) is 4. The molecule has 0 atom stereocenters. The molecule has 21 heavy (non-hydrogen) atoms. The number of nitrogens with zero attached hydrogens (tertiary/aromatic N) is 2. The quantitative estimate of drug-likeness (QED) is 0.342. The van der Waals surface area contributed by atoms with Gasteiger partial charge in [0.2, 0.25) is 0 Å². The van der Waals surface area contributed by atoms with E-state index in [0.717, 1.165) is 11.3 Å². The molecular formula is C15H16N4O2. The SMILES string of the molecule is Cc1cccnc1CNC(=O)c1cccc(C(N)=NO)c1. The lowest BCUT2D eigenvalue weighted by Gasteiger charge is -2.08. The smallest absolute Gasteiger partial charge is 0.251 e. The molecule has 0 saturated heterocycles. The fourth-order valence-corrected chi connectivity index (χ4v) is 1.85. The molecule has 1 amide bonds. The molecule has 1 aromatic carbocycles. The number of pyridine rings is 1. The van der Waals surface area contributed by atoms with Crippen LogP contribution >= 0.6 is 0 Å². The number of benzene rings is 1. The van der Waals surface area contributed by atoms with Gasteiger partial charge in [0.15, 0.2) is 5.84 Å². The molecule has 0 bridgehead atoms. The van der Waals surface area contributed by atoms with Crippen LogP contribution < -0.4 is 11.1 Å². The largest absolute Gasteiger partial charge is 0.409 e. The molecule has 0 aliphatic heterocycles. The fraction of sp³-hybridized carbons (Fsp3) is 0.133. The summed E-state index contributed by atoms with van der Waals surface area (Å²) >= 11 is 0. The van der Waals surface area contributed by atoms with Crippen LogP contribution in [0.15, 0.2) is 47.8 Å². The van der Waals surface area contributed by atoms with Gasteiger partial charge in [-0.25, -0.2) is 0 Å². The van der Waals surface area contributed by atoms with Crippen LogP contribution in [0.2, 0.25) is 0 Å². The summed E-state index contributed by atoms with van der Waals surface area (Å²) in [5.74, 6) is -0.280. The highest BCUT2D eigenvalue weighted by atomic mass is 16.4. The Morgan fingerprint density at radius 3 is 2.81 bits per heavy atom. The van der Waals surface area contributed by atoms with E-state index in [-0.39, 0.29) is 11.7 Å². The molecule has 1 heterocycles. The van der Waals surface area contributed by atoms with Gasteiger partial charge in [-0.15, -0.1) is 0 Å². The lowest BCUT2D eigenvalue weighted by Crippen LogP contribution is -2.24. The minimum Gasteiger partial charge on any atom is -0.409 e. The summed E-state index contributed by atoms with van der Waals surface area (Å²) in [5.41, 5.74) is 8.26. The van der Waals surface area contributed by atoms with Crippen LogP contribution in [0.1, 0.15) is 27.2 Å². The zero-order valence-corrected chi connectivity index (χ0v) is 11.6. The molecule has 0 aliphatic carbocycles. The highest BCUT2D eigenvalue weighted by Crippen LogP contribution is 2.07. The number of oxime groups is 1. The predicted octanol–water partition coefficient (Wildman–Crippen LogP) is 1.41. The highest BCUT2D eigenvalue weighted by molar-refractivity contribution is 6.01. The van der Waals surface area contributed by atoms with E-state index in [2.05, 4.69) is 15.5 Å². The Bertz CT molecular complexity index is 683. The van der Waals surface area contributed by atoms with Gasteiger partial charge in [-0.3, -0.25) is 9.78 Å². The molecular weight excluding hydrogens is 268 g/mol. The molecule has 0 unspecified atom stereocenters. The van der Waals surface area contributed by atoms with Gasteiger partial charge in [0.1, 0.15) is 0 Å². The summed E-state index contributed by atoms with van der Waals surface area (Å²) in [6, 6.07) is 10.3. The third-order valence-electron chi connectivity index (χ3n) is 3.06. The Morgan fingerprint density at radius 1 is 1.33 bits per heavy atom. The number of aromatic nitrogens is 1. The molecule has 2 rings (SSSR count). The Hall–Kier alpha value is -2.89. The minimum atomic E-state index is -0.243. The number of carbonyl (C=O) groups excluding carboxylic acids is 1. The number of aryl methyl sites for hydroxylation is 1. The molecule has 6 nitrogen and oxygen atoms in total. The number of nitrogens with one attached hydrogen (secondary N) is 1. The van der Waals surface area contributed by atoms with E-state index in [9.17, 15) is 4.79 Å². The third-order valence-corrected chi connectivity index (χ3v) is 3.06. The van der Waals surface area contributed by atoms with Gasteiger partial charge in [-0.05, 0) is 30.7 Å². The maximum absolute atomic E-state index is 12.1. The maximum Gasteiger partial charge on any atom is 0.251 e. The van der Waals surface area contributed by atoms with E-state index in [1.165, 1.54) is 0 Å². The first-order valence-corrected chi connectivity index (χ1v) is 6.38. The van der Waals surface area contributed by atoms with Crippen LogP contribution in [0.5, 0.6) is 0 Å². The summed E-state index contributed by atoms with van der Waals surface area (Å²) in [7, 11) is 0. The summed E-state index contributed by atoms with van der Waals surface area (Å²) in [5, 5.41) is 14.4. The highest BCUT2D eigenvalue weighted by Gasteiger charge is 2.08. The topological polar surface area (TPSA) is 101 Å². The fourth-order valence-electron chi connectivity index (χ4n) is 1.85. The van der Waals surface area contributed by atoms with Crippen molar-refractivity contribution in [2.75, 3.05) is 0 Å². The number of carbonyl (C=O) groups is 1. The molecule has 0 spiro atoms. The second-order valence-corrected chi connectivity index (χ2v) is 4.52. The summed E-state index contributed by atoms with van der Waals surface area (Å²) in [6.07, 6.45) is 1.69. The summed E-state index contributed by atoms with van der Waals surface area (Å²) < 4.78 is 0. The van der Waals surface area contributed by atoms with E-state index in [4.69, 9.17) is 10.9 Å². The van der Waals surface area contributed by atoms with Crippen LogP contribution in [-0.4, -0.2) is 21.9 Å². The normalized spacial score (nSPS) is 11.2. The number of rotatable bonds is 4. The van der Waals surface area contributed by atoms with Crippen LogP contribution in [0.25, 0.3) is 0 Å². The molecule has 0 saturated carbocycles. The standard InChI is InChI=1S/C15H16N4O2/c1-10-4-3-7-17-13(10)9-18-15(20)12-6-2-5-11(8-12)14(16)19-21/h2-8,21H,9H2,1H3,(H2,16,19)(H,18,20). The van der Waals surface area contributed by atoms with E-state index in [0.29, 0.717) is 17.7 Å². The number of nitrogens with two attached hydrogens (primary N) is 1. The second kappa shape index (κ2) is 6.51. The Labute approximate surface area is 122 Å². The summed E-state index contributed by atoms with van der Waals surface area (Å²) in [4.78, 5) is 16.3. The van der Waals surface area contributed by atoms with Crippen molar-refractivity contribution < 1.29 is 10.0 Å². The monoisotopic (exact) mass is 284 g/mol. The Morgan fingerprint density at radius 2 is 2.10 bits per heavy atom. The molecule has 0 aliphatic rings. The lowest BCUT2D eigenvalue weighted by atomic mass is 10.1. The first-order valence-electron chi connectivity index (χ1n) is 6.38. The van der Waals surface area contributed by atoms with Crippen molar-refractivity contribution in [2.45, 2.75) is 13.5 Å². The van der Waals surface area contributed by atoms with Crippen molar-refractivity contribution in [3.05, 3.63) is 65.0 Å². The van der Waals surface area contributed by atoms with Gasteiger partial charge in [0.05, 0.1) is 12.2 Å². The number of amidine groups is 1. The first kappa shape index (κ1) is 14.5. The average Bonchev–Trinajstić information content (AvgIpc) is 2.53. The van der Waals surface area contributed by atoms with E-state index >= 15 is 0 Å². The number of amides is 1. The van der Waals surface area contributed by atoms with Gasteiger partial charge in [0.25, 0.3) is 5.91 Å². The van der Waals surface area contributed by atoms with Crippen LogP contribution in [0, 0.1) is 6.92 Å². The summed E-state index contributed by atoms with van der Waals surface area (Å²) in [6.45, 7) is 2.28. The van der Waals surface area contributed by atoms with Gasteiger partial charge in [-0.2, -0.15) is 0 Å². The van der Waals surface area contributed by atoms with Gasteiger partial charge in [-0.1, -0.05) is 23.4 Å². The van der Waals surface area contributed by atoms with Crippen molar-refractivity contribution in [3.8, 4) is 0 Å². The second-order valence-electron chi connectivity index (χ2n) is 4.52. The van der Waals surface area contributed by atoms with Crippen molar-refractivity contribution in [1.82, 2.24) is 10.3 Å². The van der Waals surface area contributed by atoms with Gasteiger partial charge >= 0.3 is 0 Å². The zero-order valence-electron chi connectivity index (χ0n) is 11.6. The molecule has 4 N–H and O–H groups in total. The van der Waals surface area contributed by atoms with Gasteiger partial charge < -0.3 is 16.3 Å². The first-order chi connectivity index (χ1) is 10.1. The Kier molecular flexibility index (Phi) is 4.50. The van der Waals surface area contributed by atoms with Crippen molar-refractivity contribution in [2.24, 2.45) is 10.9 Å². The predicted molar refractivity (Wildman–Crippen MR) is 79.1 cm³/mol.